The van der Waals surface area contributed by atoms with Crippen LogP contribution in [0.15, 0.2) is 48.0 Å². The van der Waals surface area contributed by atoms with E-state index in [1.807, 2.05) is 43.3 Å². The molecule has 6 nitrogen and oxygen atoms in total. The molecule has 0 unspecified atom stereocenters. The molecule has 0 fully saturated rings. The molecule has 0 saturated heterocycles. The maximum absolute atomic E-state index is 12.4. The first-order valence-corrected chi connectivity index (χ1v) is 7.92. The van der Waals surface area contributed by atoms with Gasteiger partial charge in [0, 0.05) is 0 Å². The van der Waals surface area contributed by atoms with Crippen molar-refractivity contribution in [2.45, 2.75) is 13.0 Å². The number of carbonyl (C=O) groups is 1. The number of rotatable bonds is 6. The molecular weight excluding hydrogens is 332 g/mol. The monoisotopic (exact) mass is 352 g/mol. The number of methoxy groups -OCH3 is 2. The number of carbonyl (C=O) groups excluding carboxylic acids is 1. The molecule has 2 aromatic rings. The molecule has 0 bridgehead atoms. The molecule has 134 valence electrons. The summed E-state index contributed by atoms with van der Waals surface area (Å²) in [6, 6.07) is 14.1. The van der Waals surface area contributed by atoms with Gasteiger partial charge in [0.2, 0.25) is 5.75 Å². The number of hydrogen-bond acceptors (Lipinski definition) is 5. The van der Waals surface area contributed by atoms with Crippen molar-refractivity contribution in [3.8, 4) is 23.3 Å². The third-order valence-corrected chi connectivity index (χ3v) is 3.83. The van der Waals surface area contributed by atoms with E-state index in [2.05, 4.69) is 5.32 Å². The highest BCUT2D eigenvalue weighted by Crippen LogP contribution is 2.37. The number of phenolic OH excluding ortho intramolecular Hbond substituents is 1. The van der Waals surface area contributed by atoms with Crippen molar-refractivity contribution in [2.75, 3.05) is 14.2 Å². The standard InChI is InChI=1S/C20H20N2O4/c1-13(15-7-5-4-6-8-15)22-20(24)16(12-21)9-14-10-17(25-2)19(23)18(11-14)26-3/h4-11,13,23H,1-3H3,(H,22,24)/b16-9-/t13-/m1/s1. The molecule has 1 atom stereocenters. The van der Waals surface area contributed by atoms with E-state index in [0.717, 1.165) is 5.56 Å². The Morgan fingerprint density at radius 2 is 1.77 bits per heavy atom. The van der Waals surface area contributed by atoms with Crippen LogP contribution in [0.3, 0.4) is 0 Å². The molecule has 0 heterocycles. The zero-order valence-electron chi connectivity index (χ0n) is 14.8. The predicted octanol–water partition coefficient (Wildman–Crippen LogP) is 3.19. The Bertz CT molecular complexity index is 829. The maximum atomic E-state index is 12.4. The van der Waals surface area contributed by atoms with E-state index in [-0.39, 0.29) is 28.9 Å². The molecule has 2 N–H and O–H groups in total. The molecule has 2 aromatic carbocycles. The summed E-state index contributed by atoms with van der Waals surface area (Å²) in [4.78, 5) is 12.4. The summed E-state index contributed by atoms with van der Waals surface area (Å²) in [6.07, 6.45) is 1.41. The normalized spacial score (nSPS) is 12.0. The summed E-state index contributed by atoms with van der Waals surface area (Å²) >= 11 is 0. The zero-order chi connectivity index (χ0) is 19.1. The SMILES string of the molecule is COc1cc(/C=C(/C#N)C(=O)N[C@H](C)c2ccccc2)cc(OC)c1O. The van der Waals surface area contributed by atoms with Crippen LogP contribution in [0.1, 0.15) is 24.1 Å². The highest BCUT2D eigenvalue weighted by Gasteiger charge is 2.15. The number of nitriles is 1. The molecule has 26 heavy (non-hydrogen) atoms. The van der Waals surface area contributed by atoms with E-state index in [0.29, 0.717) is 5.56 Å². The lowest BCUT2D eigenvalue weighted by atomic mass is 10.1. The van der Waals surface area contributed by atoms with Gasteiger partial charge in [-0.1, -0.05) is 30.3 Å². The summed E-state index contributed by atoms with van der Waals surface area (Å²) in [5, 5.41) is 22.1. The summed E-state index contributed by atoms with van der Waals surface area (Å²) in [5.74, 6) is -0.264. The smallest absolute Gasteiger partial charge is 0.262 e. The Morgan fingerprint density at radius 1 is 1.19 bits per heavy atom. The number of hydrogen-bond donors (Lipinski definition) is 2. The van der Waals surface area contributed by atoms with Gasteiger partial charge in [-0.2, -0.15) is 5.26 Å². The van der Waals surface area contributed by atoms with Crippen LogP contribution < -0.4 is 14.8 Å². The van der Waals surface area contributed by atoms with Crippen LogP contribution in [0, 0.1) is 11.3 Å². The van der Waals surface area contributed by atoms with Crippen molar-refractivity contribution in [3.05, 3.63) is 59.2 Å². The van der Waals surface area contributed by atoms with Crippen molar-refractivity contribution in [2.24, 2.45) is 0 Å². The lowest BCUT2D eigenvalue weighted by Crippen LogP contribution is -2.27. The first-order valence-electron chi connectivity index (χ1n) is 7.92. The van der Waals surface area contributed by atoms with E-state index in [1.54, 1.807) is 0 Å². The summed E-state index contributed by atoms with van der Waals surface area (Å²) < 4.78 is 10.2. The van der Waals surface area contributed by atoms with Crippen molar-refractivity contribution in [1.29, 1.82) is 5.26 Å². The van der Waals surface area contributed by atoms with Crippen molar-refractivity contribution < 1.29 is 19.4 Å². The molecule has 0 aliphatic rings. The minimum absolute atomic E-state index is 0.0671. The average molecular weight is 352 g/mol. The number of amides is 1. The van der Waals surface area contributed by atoms with Crippen LogP contribution in [0.4, 0.5) is 0 Å². The van der Waals surface area contributed by atoms with Gasteiger partial charge in [-0.25, -0.2) is 0 Å². The second-order valence-corrected chi connectivity index (χ2v) is 5.55. The van der Waals surface area contributed by atoms with Gasteiger partial charge < -0.3 is 19.9 Å². The van der Waals surface area contributed by atoms with Gasteiger partial charge in [0.1, 0.15) is 11.6 Å². The average Bonchev–Trinajstić information content (AvgIpc) is 2.67. The molecule has 0 aliphatic carbocycles. The first-order chi connectivity index (χ1) is 12.5. The van der Waals surface area contributed by atoms with Crippen molar-refractivity contribution in [3.63, 3.8) is 0 Å². The number of ether oxygens (including phenoxy) is 2. The molecular formula is C20H20N2O4. The molecule has 6 heteroatoms. The molecule has 0 aromatic heterocycles. The molecule has 0 radical (unpaired) electrons. The van der Waals surface area contributed by atoms with Crippen molar-refractivity contribution in [1.82, 2.24) is 5.32 Å². The fourth-order valence-electron chi connectivity index (χ4n) is 2.41. The minimum Gasteiger partial charge on any atom is -0.502 e. The Kier molecular flexibility index (Phi) is 6.23. The van der Waals surface area contributed by atoms with Gasteiger partial charge in [-0.3, -0.25) is 4.79 Å². The third kappa shape index (κ3) is 4.33. The number of phenols is 1. The van der Waals surface area contributed by atoms with E-state index in [4.69, 9.17) is 9.47 Å². The highest BCUT2D eigenvalue weighted by molar-refractivity contribution is 6.02. The fraction of sp³-hybridized carbons (Fsp3) is 0.200. The Morgan fingerprint density at radius 3 is 2.27 bits per heavy atom. The Labute approximate surface area is 152 Å². The topological polar surface area (TPSA) is 91.6 Å². The van der Waals surface area contributed by atoms with E-state index in [1.165, 1.54) is 32.4 Å². The predicted molar refractivity (Wildman–Crippen MR) is 97.8 cm³/mol. The number of nitrogens with one attached hydrogen (secondary N) is 1. The lowest BCUT2D eigenvalue weighted by molar-refractivity contribution is -0.117. The van der Waals surface area contributed by atoms with Gasteiger partial charge in [-0.05, 0) is 36.3 Å². The number of nitrogens with zero attached hydrogens (tertiary/aromatic N) is 1. The summed E-state index contributed by atoms with van der Waals surface area (Å²) in [6.45, 7) is 1.84. The Balaban J connectivity index is 2.27. The van der Waals surface area contributed by atoms with Crippen LogP contribution in [0.2, 0.25) is 0 Å². The highest BCUT2D eigenvalue weighted by atomic mass is 16.5. The third-order valence-electron chi connectivity index (χ3n) is 3.83. The molecule has 0 aliphatic heterocycles. The van der Waals surface area contributed by atoms with Crippen LogP contribution >= 0.6 is 0 Å². The largest absolute Gasteiger partial charge is 0.502 e. The van der Waals surface area contributed by atoms with Crippen LogP contribution in [-0.2, 0) is 4.79 Å². The second-order valence-electron chi connectivity index (χ2n) is 5.55. The van der Waals surface area contributed by atoms with Crippen LogP contribution in [-0.4, -0.2) is 25.2 Å². The molecule has 1 amide bonds. The maximum Gasteiger partial charge on any atom is 0.262 e. The van der Waals surface area contributed by atoms with Crippen LogP contribution in [0.5, 0.6) is 17.2 Å². The quantitative estimate of drug-likeness (QED) is 0.615. The van der Waals surface area contributed by atoms with Crippen molar-refractivity contribution >= 4 is 12.0 Å². The lowest BCUT2D eigenvalue weighted by Gasteiger charge is -2.14. The van der Waals surface area contributed by atoms with Crippen LogP contribution in [0.25, 0.3) is 6.08 Å². The zero-order valence-corrected chi connectivity index (χ0v) is 14.8. The number of aromatic hydroxyl groups is 1. The van der Waals surface area contributed by atoms with Gasteiger partial charge in [0.05, 0.1) is 20.3 Å². The van der Waals surface area contributed by atoms with Gasteiger partial charge in [0.15, 0.2) is 11.5 Å². The van der Waals surface area contributed by atoms with Gasteiger partial charge in [0.25, 0.3) is 5.91 Å². The number of benzene rings is 2. The first kappa shape index (κ1) is 18.9. The molecule has 0 saturated carbocycles. The van der Waals surface area contributed by atoms with Gasteiger partial charge >= 0.3 is 0 Å². The molecule has 0 spiro atoms. The Hall–Kier alpha value is -3.46. The fourth-order valence-corrected chi connectivity index (χ4v) is 2.41. The minimum atomic E-state index is -0.491. The van der Waals surface area contributed by atoms with E-state index >= 15 is 0 Å². The summed E-state index contributed by atoms with van der Waals surface area (Å²) in [5.41, 5.74) is 1.37. The second kappa shape index (κ2) is 8.58. The molecule has 2 rings (SSSR count). The summed E-state index contributed by atoms with van der Waals surface area (Å²) in [7, 11) is 2.81. The van der Waals surface area contributed by atoms with E-state index < -0.39 is 5.91 Å². The van der Waals surface area contributed by atoms with E-state index in [9.17, 15) is 15.2 Å². The van der Waals surface area contributed by atoms with Gasteiger partial charge in [-0.15, -0.1) is 0 Å².